The first-order valence-electron chi connectivity index (χ1n) is 12.9. The Hall–Kier alpha value is -3.37. The highest BCUT2D eigenvalue weighted by atomic mass is 19.2. The van der Waals surface area contributed by atoms with Crippen molar-refractivity contribution in [3.63, 3.8) is 0 Å². The van der Waals surface area contributed by atoms with E-state index < -0.39 is 53.3 Å². The van der Waals surface area contributed by atoms with Crippen molar-refractivity contribution in [3.05, 3.63) is 65.0 Å². The highest BCUT2D eigenvalue weighted by Gasteiger charge is 2.28. The number of nitrogens with one attached hydrogen (secondary N) is 1. The molecule has 0 saturated heterocycles. The van der Waals surface area contributed by atoms with Crippen molar-refractivity contribution in [1.29, 1.82) is 0 Å². The third-order valence-electron chi connectivity index (χ3n) is 5.05. The van der Waals surface area contributed by atoms with Crippen LogP contribution in [0.1, 0.15) is 12.0 Å². The Morgan fingerprint density at radius 2 is 1.05 bits per heavy atom. The SMILES string of the molecule is O=C(CCOCCOCCOCCOCCOCCNC(=O)OCc1ccccc1)Oc1c(F)c(F)c(F)c(F)c1F. The number of carbonyl (C=O) groups is 2. The van der Waals surface area contributed by atoms with E-state index in [-0.39, 0.29) is 33.0 Å². The molecule has 0 unspecified atom stereocenters. The fraction of sp³-hybridized carbons (Fsp3) is 0.481. The average Bonchev–Trinajstić information content (AvgIpc) is 3.00. The Morgan fingerprint density at radius 1 is 0.595 bits per heavy atom. The van der Waals surface area contributed by atoms with Crippen LogP contribution in [0.5, 0.6) is 5.75 Å². The molecule has 1 amide bonds. The van der Waals surface area contributed by atoms with Crippen LogP contribution in [0.3, 0.4) is 0 Å². The van der Waals surface area contributed by atoms with E-state index in [0.29, 0.717) is 46.2 Å². The standard InChI is InChI=1S/C27H32F5NO9/c28-21-22(29)24(31)26(25(32)23(21)30)42-20(34)6-8-36-10-12-38-14-16-40-17-15-39-13-11-37-9-7-33-27(35)41-18-19-4-2-1-3-5-19/h1-5H,6-18H2,(H,33,35). The van der Waals surface area contributed by atoms with E-state index in [9.17, 15) is 31.5 Å². The molecular formula is C27H32F5NO9. The third-order valence-corrected chi connectivity index (χ3v) is 5.05. The second kappa shape index (κ2) is 20.5. The molecule has 0 aromatic heterocycles. The summed E-state index contributed by atoms with van der Waals surface area (Å²) >= 11 is 0. The van der Waals surface area contributed by atoms with Gasteiger partial charge in [0.25, 0.3) is 0 Å². The number of benzene rings is 2. The minimum absolute atomic E-state index is 0.0727. The van der Waals surface area contributed by atoms with Crippen LogP contribution in [0.2, 0.25) is 0 Å². The molecule has 10 nitrogen and oxygen atoms in total. The second-order valence-electron chi connectivity index (χ2n) is 8.17. The largest absolute Gasteiger partial charge is 0.445 e. The molecule has 0 spiro atoms. The molecule has 42 heavy (non-hydrogen) atoms. The quantitative estimate of drug-likeness (QED) is 0.0566. The van der Waals surface area contributed by atoms with Gasteiger partial charge in [0.05, 0.1) is 72.5 Å². The zero-order valence-electron chi connectivity index (χ0n) is 22.6. The van der Waals surface area contributed by atoms with Gasteiger partial charge in [0, 0.05) is 6.54 Å². The smallest absolute Gasteiger partial charge is 0.407 e. The van der Waals surface area contributed by atoms with Crippen LogP contribution in [-0.2, 0) is 39.8 Å². The lowest BCUT2D eigenvalue weighted by Crippen LogP contribution is -2.28. The fourth-order valence-corrected chi connectivity index (χ4v) is 2.98. The van der Waals surface area contributed by atoms with Gasteiger partial charge in [-0.15, -0.1) is 0 Å². The molecule has 2 rings (SSSR count). The normalized spacial score (nSPS) is 11.0. The lowest BCUT2D eigenvalue weighted by Gasteiger charge is -2.09. The maximum atomic E-state index is 13.5. The number of alkyl carbamates (subject to hydrolysis) is 1. The molecule has 0 aliphatic heterocycles. The lowest BCUT2D eigenvalue weighted by atomic mass is 10.2. The van der Waals surface area contributed by atoms with Crippen LogP contribution in [0.15, 0.2) is 30.3 Å². The van der Waals surface area contributed by atoms with Gasteiger partial charge in [0.1, 0.15) is 6.61 Å². The molecule has 1 N–H and O–H groups in total. The minimum Gasteiger partial charge on any atom is -0.445 e. The van der Waals surface area contributed by atoms with Crippen molar-refractivity contribution < 1.29 is 64.7 Å². The Balaban J connectivity index is 1.33. The van der Waals surface area contributed by atoms with Crippen LogP contribution in [0, 0.1) is 29.1 Å². The summed E-state index contributed by atoms with van der Waals surface area (Å²) in [4.78, 5) is 23.2. The number of carbonyl (C=O) groups excluding carboxylic acids is 2. The average molecular weight is 610 g/mol. The third kappa shape index (κ3) is 13.5. The van der Waals surface area contributed by atoms with E-state index in [2.05, 4.69) is 10.1 Å². The molecule has 0 atom stereocenters. The molecule has 234 valence electrons. The van der Waals surface area contributed by atoms with E-state index in [1.165, 1.54) is 0 Å². The molecule has 2 aromatic carbocycles. The first-order chi connectivity index (χ1) is 20.3. The monoisotopic (exact) mass is 609 g/mol. The number of rotatable bonds is 21. The summed E-state index contributed by atoms with van der Waals surface area (Å²) in [5, 5.41) is 2.58. The number of amides is 1. The lowest BCUT2D eigenvalue weighted by molar-refractivity contribution is -0.136. The van der Waals surface area contributed by atoms with Gasteiger partial charge in [-0.2, -0.15) is 8.78 Å². The van der Waals surface area contributed by atoms with Gasteiger partial charge >= 0.3 is 12.1 Å². The minimum atomic E-state index is -2.35. The van der Waals surface area contributed by atoms with Gasteiger partial charge < -0.3 is 38.5 Å². The highest BCUT2D eigenvalue weighted by Crippen LogP contribution is 2.29. The van der Waals surface area contributed by atoms with Crippen LogP contribution < -0.4 is 10.1 Å². The summed E-state index contributed by atoms with van der Waals surface area (Å²) in [5.74, 6) is -14.2. The Kier molecular flexibility index (Phi) is 17.0. The first-order valence-corrected chi connectivity index (χ1v) is 12.9. The zero-order valence-corrected chi connectivity index (χ0v) is 22.6. The molecule has 0 saturated carbocycles. The number of halogens is 5. The summed E-state index contributed by atoms with van der Waals surface area (Å²) in [6.45, 7) is 2.73. The van der Waals surface area contributed by atoms with Crippen molar-refractivity contribution in [2.75, 3.05) is 72.6 Å². The van der Waals surface area contributed by atoms with Crippen LogP contribution in [0.4, 0.5) is 26.7 Å². The maximum Gasteiger partial charge on any atom is 0.407 e. The van der Waals surface area contributed by atoms with E-state index in [4.69, 9.17) is 28.4 Å². The molecular weight excluding hydrogens is 577 g/mol. The van der Waals surface area contributed by atoms with E-state index >= 15 is 0 Å². The fourth-order valence-electron chi connectivity index (χ4n) is 2.98. The first kappa shape index (κ1) is 34.8. The van der Waals surface area contributed by atoms with Crippen LogP contribution >= 0.6 is 0 Å². The summed E-state index contributed by atoms with van der Waals surface area (Å²) in [7, 11) is 0. The predicted molar refractivity (Wildman–Crippen MR) is 135 cm³/mol. The summed E-state index contributed by atoms with van der Waals surface area (Å²) < 4.78 is 102. The molecule has 15 heteroatoms. The van der Waals surface area contributed by atoms with Gasteiger partial charge in [-0.25, -0.2) is 18.0 Å². The van der Waals surface area contributed by atoms with E-state index in [1.54, 1.807) is 0 Å². The molecule has 0 aliphatic carbocycles. The van der Waals surface area contributed by atoms with Crippen molar-refractivity contribution >= 4 is 12.1 Å². The summed E-state index contributed by atoms with van der Waals surface area (Å²) in [6, 6.07) is 9.32. The van der Waals surface area contributed by atoms with E-state index in [1.807, 2.05) is 30.3 Å². The van der Waals surface area contributed by atoms with Crippen LogP contribution in [0.25, 0.3) is 0 Å². The van der Waals surface area contributed by atoms with Crippen LogP contribution in [-0.4, -0.2) is 84.7 Å². The number of hydrogen-bond donors (Lipinski definition) is 1. The molecule has 0 radical (unpaired) electrons. The maximum absolute atomic E-state index is 13.5. The van der Waals surface area contributed by atoms with Gasteiger partial charge in [-0.05, 0) is 5.56 Å². The van der Waals surface area contributed by atoms with Gasteiger partial charge in [-0.1, -0.05) is 30.3 Å². The Bertz CT molecular complexity index is 1070. The van der Waals surface area contributed by atoms with E-state index in [0.717, 1.165) is 5.56 Å². The number of hydrogen-bond acceptors (Lipinski definition) is 9. The number of esters is 1. The number of ether oxygens (including phenoxy) is 7. The molecule has 0 bridgehead atoms. The van der Waals surface area contributed by atoms with Crippen molar-refractivity contribution in [3.8, 4) is 5.75 Å². The summed E-state index contributed by atoms with van der Waals surface area (Å²) in [5.41, 5.74) is 0.896. The Morgan fingerprint density at radius 3 is 1.57 bits per heavy atom. The molecule has 0 heterocycles. The summed E-state index contributed by atoms with van der Waals surface area (Å²) in [6.07, 6.45) is -1.01. The second-order valence-corrected chi connectivity index (χ2v) is 8.17. The Labute approximate surface area is 238 Å². The highest BCUT2D eigenvalue weighted by molar-refractivity contribution is 5.72. The van der Waals surface area contributed by atoms with Gasteiger partial charge in [0.15, 0.2) is 0 Å². The topological polar surface area (TPSA) is 111 Å². The molecule has 0 aliphatic rings. The molecule has 0 fully saturated rings. The van der Waals surface area contributed by atoms with Crippen molar-refractivity contribution in [2.45, 2.75) is 13.0 Å². The molecule has 2 aromatic rings. The zero-order chi connectivity index (χ0) is 30.6. The van der Waals surface area contributed by atoms with Crippen molar-refractivity contribution in [2.24, 2.45) is 0 Å². The van der Waals surface area contributed by atoms with Crippen molar-refractivity contribution in [1.82, 2.24) is 5.32 Å². The van der Waals surface area contributed by atoms with Gasteiger partial charge in [-0.3, -0.25) is 4.79 Å². The predicted octanol–water partition coefficient (Wildman–Crippen LogP) is 3.69. The van der Waals surface area contributed by atoms with Gasteiger partial charge in [0.2, 0.25) is 34.8 Å².